The van der Waals surface area contributed by atoms with E-state index in [1.807, 2.05) is 0 Å². The van der Waals surface area contributed by atoms with E-state index in [4.69, 9.17) is 11.6 Å². The highest BCUT2D eigenvalue weighted by atomic mass is 79.9. The number of hydrogen-bond donors (Lipinski definition) is 1. The van der Waals surface area contributed by atoms with Crippen LogP contribution in [0.1, 0.15) is 6.42 Å². The SMILES string of the molecule is O=S(=O)(NCCCn1ccnn1)c1cc(Cl)c(Br)s1. The summed E-state index contributed by atoms with van der Waals surface area (Å²) in [5.41, 5.74) is 0. The van der Waals surface area contributed by atoms with E-state index in [1.54, 1.807) is 17.1 Å². The maximum atomic E-state index is 11.9. The van der Waals surface area contributed by atoms with Gasteiger partial charge in [0.05, 0.1) is 15.0 Å². The minimum atomic E-state index is -3.49. The number of halogens is 2. The number of rotatable bonds is 6. The zero-order chi connectivity index (χ0) is 13.9. The highest BCUT2D eigenvalue weighted by molar-refractivity contribution is 9.11. The topological polar surface area (TPSA) is 76.9 Å². The van der Waals surface area contributed by atoms with Crippen LogP contribution in [-0.2, 0) is 16.6 Å². The first kappa shape index (κ1) is 14.9. The van der Waals surface area contributed by atoms with E-state index in [0.717, 1.165) is 11.3 Å². The lowest BCUT2D eigenvalue weighted by Crippen LogP contribution is -2.24. The van der Waals surface area contributed by atoms with Crippen molar-refractivity contribution in [3.63, 3.8) is 0 Å². The fraction of sp³-hybridized carbons (Fsp3) is 0.333. The Morgan fingerprint density at radius 3 is 2.89 bits per heavy atom. The summed E-state index contributed by atoms with van der Waals surface area (Å²) in [5.74, 6) is 0. The van der Waals surface area contributed by atoms with E-state index < -0.39 is 10.0 Å². The van der Waals surface area contributed by atoms with E-state index in [2.05, 4.69) is 31.0 Å². The van der Waals surface area contributed by atoms with Gasteiger partial charge < -0.3 is 0 Å². The molecule has 0 saturated heterocycles. The number of aryl methyl sites for hydroxylation is 1. The van der Waals surface area contributed by atoms with Gasteiger partial charge in [0.1, 0.15) is 4.21 Å². The van der Waals surface area contributed by atoms with Crippen molar-refractivity contribution in [1.82, 2.24) is 19.7 Å². The number of sulfonamides is 1. The Morgan fingerprint density at radius 1 is 1.53 bits per heavy atom. The zero-order valence-electron chi connectivity index (χ0n) is 9.58. The van der Waals surface area contributed by atoms with Crippen LogP contribution in [0, 0.1) is 0 Å². The van der Waals surface area contributed by atoms with Crippen molar-refractivity contribution in [3.8, 4) is 0 Å². The normalized spacial score (nSPS) is 11.9. The molecule has 0 unspecified atom stereocenters. The molecule has 2 heterocycles. The third kappa shape index (κ3) is 3.99. The summed E-state index contributed by atoms with van der Waals surface area (Å²) in [7, 11) is -3.49. The predicted molar refractivity (Wildman–Crippen MR) is 76.9 cm³/mol. The average molecular weight is 386 g/mol. The van der Waals surface area contributed by atoms with Gasteiger partial charge in [-0.2, -0.15) is 0 Å². The van der Waals surface area contributed by atoms with Crippen LogP contribution in [0.25, 0.3) is 0 Å². The van der Waals surface area contributed by atoms with Gasteiger partial charge in [-0.3, -0.25) is 4.68 Å². The lowest BCUT2D eigenvalue weighted by Gasteiger charge is -2.04. The Labute approximate surface area is 128 Å². The average Bonchev–Trinajstić information content (AvgIpc) is 2.96. The molecule has 0 amide bonds. The molecule has 2 rings (SSSR count). The highest BCUT2D eigenvalue weighted by Gasteiger charge is 2.18. The molecule has 19 heavy (non-hydrogen) atoms. The van der Waals surface area contributed by atoms with Gasteiger partial charge in [-0.25, -0.2) is 13.1 Å². The van der Waals surface area contributed by atoms with Gasteiger partial charge in [0.2, 0.25) is 10.0 Å². The molecule has 2 aromatic heterocycles. The van der Waals surface area contributed by atoms with Crippen LogP contribution >= 0.6 is 38.9 Å². The van der Waals surface area contributed by atoms with Crippen LogP contribution < -0.4 is 4.72 Å². The zero-order valence-corrected chi connectivity index (χ0v) is 13.6. The maximum absolute atomic E-state index is 11.9. The molecular weight excluding hydrogens is 376 g/mol. The summed E-state index contributed by atoms with van der Waals surface area (Å²) in [5, 5.41) is 7.85. The van der Waals surface area contributed by atoms with Crippen molar-refractivity contribution in [2.75, 3.05) is 6.54 Å². The van der Waals surface area contributed by atoms with E-state index in [9.17, 15) is 8.42 Å². The molecule has 0 bridgehead atoms. The van der Waals surface area contributed by atoms with Crippen LogP contribution in [0.5, 0.6) is 0 Å². The molecule has 2 aromatic rings. The second-order valence-electron chi connectivity index (χ2n) is 3.60. The van der Waals surface area contributed by atoms with Gasteiger partial charge in [-0.05, 0) is 28.4 Å². The van der Waals surface area contributed by atoms with Gasteiger partial charge in [0, 0.05) is 19.3 Å². The Kier molecular flexibility index (Phi) is 4.96. The summed E-state index contributed by atoms with van der Waals surface area (Å²) >= 11 is 10.1. The largest absolute Gasteiger partial charge is 0.253 e. The predicted octanol–water partition coefficient (Wildman–Crippen LogP) is 2.12. The molecule has 0 aliphatic heterocycles. The molecule has 6 nitrogen and oxygen atoms in total. The molecule has 104 valence electrons. The third-order valence-electron chi connectivity index (χ3n) is 2.22. The molecule has 0 atom stereocenters. The summed E-state index contributed by atoms with van der Waals surface area (Å²) in [6, 6.07) is 1.43. The van der Waals surface area contributed by atoms with Crippen molar-refractivity contribution in [2.45, 2.75) is 17.2 Å². The van der Waals surface area contributed by atoms with E-state index in [0.29, 0.717) is 28.3 Å². The summed E-state index contributed by atoms with van der Waals surface area (Å²) in [6.45, 7) is 0.937. The fourth-order valence-corrected chi connectivity index (χ4v) is 4.85. The fourth-order valence-electron chi connectivity index (χ4n) is 1.33. The third-order valence-corrected chi connectivity index (χ3v) is 6.62. The highest BCUT2D eigenvalue weighted by Crippen LogP contribution is 2.34. The first-order valence-corrected chi connectivity index (χ1v) is 8.75. The van der Waals surface area contributed by atoms with Crippen molar-refractivity contribution in [2.24, 2.45) is 0 Å². The van der Waals surface area contributed by atoms with Crippen LogP contribution in [0.2, 0.25) is 5.02 Å². The second kappa shape index (κ2) is 6.31. The van der Waals surface area contributed by atoms with Crippen LogP contribution in [0.4, 0.5) is 0 Å². The first-order valence-electron chi connectivity index (χ1n) is 5.27. The monoisotopic (exact) mass is 384 g/mol. The Bertz CT molecular complexity index is 622. The molecule has 0 aliphatic rings. The van der Waals surface area contributed by atoms with Crippen molar-refractivity contribution >= 4 is 48.9 Å². The van der Waals surface area contributed by atoms with E-state index in [1.165, 1.54) is 6.07 Å². The quantitative estimate of drug-likeness (QED) is 0.773. The molecule has 0 saturated carbocycles. The molecule has 0 radical (unpaired) electrons. The molecule has 0 aromatic carbocycles. The molecule has 0 spiro atoms. The van der Waals surface area contributed by atoms with Crippen LogP contribution in [0.3, 0.4) is 0 Å². The van der Waals surface area contributed by atoms with Gasteiger partial charge in [-0.1, -0.05) is 16.8 Å². The van der Waals surface area contributed by atoms with Crippen LogP contribution in [0.15, 0.2) is 26.5 Å². The van der Waals surface area contributed by atoms with Crippen molar-refractivity contribution in [3.05, 3.63) is 27.3 Å². The summed E-state index contributed by atoms with van der Waals surface area (Å²) < 4.78 is 28.9. The minimum Gasteiger partial charge on any atom is -0.253 e. The smallest absolute Gasteiger partial charge is 0.250 e. The maximum Gasteiger partial charge on any atom is 0.250 e. The number of aromatic nitrogens is 3. The van der Waals surface area contributed by atoms with Crippen molar-refractivity contribution in [1.29, 1.82) is 0 Å². The van der Waals surface area contributed by atoms with Gasteiger partial charge in [0.25, 0.3) is 0 Å². The van der Waals surface area contributed by atoms with Crippen molar-refractivity contribution < 1.29 is 8.42 Å². The van der Waals surface area contributed by atoms with E-state index in [-0.39, 0.29) is 4.21 Å². The number of nitrogens with zero attached hydrogens (tertiary/aromatic N) is 3. The molecule has 10 heteroatoms. The first-order chi connectivity index (χ1) is 8.99. The van der Waals surface area contributed by atoms with E-state index >= 15 is 0 Å². The lowest BCUT2D eigenvalue weighted by atomic mass is 10.4. The summed E-state index contributed by atoms with van der Waals surface area (Å²) in [4.78, 5) is 0. The van der Waals surface area contributed by atoms with Gasteiger partial charge in [0.15, 0.2) is 0 Å². The van der Waals surface area contributed by atoms with Gasteiger partial charge >= 0.3 is 0 Å². The molecule has 0 aliphatic carbocycles. The number of nitrogens with one attached hydrogen (secondary N) is 1. The Balaban J connectivity index is 1.87. The summed E-state index contributed by atoms with van der Waals surface area (Å²) in [6.07, 6.45) is 3.93. The number of thiophene rings is 1. The molecule has 0 fully saturated rings. The second-order valence-corrected chi connectivity index (χ2v) is 8.38. The Hall–Kier alpha value is -0.480. The van der Waals surface area contributed by atoms with Crippen LogP contribution in [-0.4, -0.2) is 30.0 Å². The lowest BCUT2D eigenvalue weighted by molar-refractivity contribution is 0.543. The Morgan fingerprint density at radius 2 is 2.32 bits per heavy atom. The number of hydrogen-bond acceptors (Lipinski definition) is 5. The molecule has 1 N–H and O–H groups in total. The van der Waals surface area contributed by atoms with Gasteiger partial charge in [-0.15, -0.1) is 16.4 Å². The standard InChI is InChI=1S/C9H10BrClN4O2S2/c10-9-7(11)6-8(18-9)19(16,17)13-2-1-4-15-5-3-12-14-15/h3,5-6,13H,1-2,4H2. The minimum absolute atomic E-state index is 0.199. The molecular formula is C9H10BrClN4O2S2.